The smallest absolute Gasteiger partial charge is 0.224 e. The van der Waals surface area contributed by atoms with Crippen LogP contribution in [0.1, 0.15) is 36.0 Å². The molecular weight excluding hydrogens is 328 g/mol. The molecule has 0 fully saturated rings. The first-order chi connectivity index (χ1) is 12.6. The zero-order chi connectivity index (χ0) is 18.4. The highest BCUT2D eigenvalue weighted by atomic mass is 16.5. The van der Waals surface area contributed by atoms with Crippen molar-refractivity contribution in [3.05, 3.63) is 59.2 Å². The lowest BCUT2D eigenvalue weighted by atomic mass is 10.0. The summed E-state index contributed by atoms with van der Waals surface area (Å²) >= 11 is 0. The number of rotatable bonds is 7. The van der Waals surface area contributed by atoms with Crippen molar-refractivity contribution in [1.29, 1.82) is 0 Å². The SMILES string of the molecule is Cc1cccc(CNC(=O)CCCOc2ccc3c(c2)CCC(=O)N3)c1. The van der Waals surface area contributed by atoms with E-state index in [1.165, 1.54) is 5.56 Å². The van der Waals surface area contributed by atoms with Crippen LogP contribution in [0.4, 0.5) is 5.69 Å². The summed E-state index contributed by atoms with van der Waals surface area (Å²) in [6.07, 6.45) is 2.34. The predicted molar refractivity (Wildman–Crippen MR) is 101 cm³/mol. The number of nitrogens with one attached hydrogen (secondary N) is 2. The normalized spacial score (nSPS) is 12.9. The van der Waals surface area contributed by atoms with E-state index in [-0.39, 0.29) is 11.8 Å². The van der Waals surface area contributed by atoms with Crippen LogP contribution in [0, 0.1) is 6.92 Å². The number of ether oxygens (including phenoxy) is 1. The third-order valence-corrected chi connectivity index (χ3v) is 4.36. The summed E-state index contributed by atoms with van der Waals surface area (Å²) in [5, 5.41) is 5.79. The molecule has 2 N–H and O–H groups in total. The number of fused-ring (bicyclic) bond motifs is 1. The van der Waals surface area contributed by atoms with E-state index in [1.807, 2.05) is 43.3 Å². The highest BCUT2D eigenvalue weighted by Crippen LogP contribution is 2.26. The van der Waals surface area contributed by atoms with E-state index in [9.17, 15) is 9.59 Å². The lowest BCUT2D eigenvalue weighted by Gasteiger charge is -2.17. The Kier molecular flexibility index (Phi) is 5.89. The van der Waals surface area contributed by atoms with E-state index >= 15 is 0 Å². The summed E-state index contributed by atoms with van der Waals surface area (Å²) in [6, 6.07) is 13.8. The van der Waals surface area contributed by atoms with Crippen LogP contribution < -0.4 is 15.4 Å². The number of carbonyl (C=O) groups is 2. The molecule has 2 aromatic rings. The number of amides is 2. The van der Waals surface area contributed by atoms with Gasteiger partial charge in [0.05, 0.1) is 6.61 Å². The molecule has 5 heteroatoms. The minimum Gasteiger partial charge on any atom is -0.494 e. The summed E-state index contributed by atoms with van der Waals surface area (Å²) in [6.45, 7) is 3.08. The number of benzene rings is 2. The van der Waals surface area contributed by atoms with Gasteiger partial charge >= 0.3 is 0 Å². The van der Waals surface area contributed by atoms with Crippen molar-refractivity contribution in [3.8, 4) is 5.75 Å². The molecule has 0 aliphatic carbocycles. The van der Waals surface area contributed by atoms with Crippen molar-refractivity contribution in [2.45, 2.75) is 39.2 Å². The average Bonchev–Trinajstić information content (AvgIpc) is 2.63. The predicted octanol–water partition coefficient (Wildman–Crippen LogP) is 3.36. The molecule has 0 spiro atoms. The zero-order valence-electron chi connectivity index (χ0n) is 15.0. The van der Waals surface area contributed by atoms with E-state index in [2.05, 4.69) is 16.7 Å². The molecule has 1 aliphatic heterocycles. The molecule has 1 aliphatic rings. The molecule has 0 saturated carbocycles. The van der Waals surface area contributed by atoms with Crippen LogP contribution in [0.2, 0.25) is 0 Å². The van der Waals surface area contributed by atoms with Crippen molar-refractivity contribution in [2.24, 2.45) is 0 Å². The van der Waals surface area contributed by atoms with Crippen LogP contribution in [-0.4, -0.2) is 18.4 Å². The maximum atomic E-state index is 11.9. The maximum absolute atomic E-state index is 11.9. The molecule has 0 bridgehead atoms. The van der Waals surface area contributed by atoms with E-state index in [0.717, 1.165) is 29.0 Å². The van der Waals surface area contributed by atoms with Crippen molar-refractivity contribution in [2.75, 3.05) is 11.9 Å². The second kappa shape index (κ2) is 8.52. The van der Waals surface area contributed by atoms with Crippen LogP contribution >= 0.6 is 0 Å². The second-order valence-electron chi connectivity index (χ2n) is 6.58. The minimum absolute atomic E-state index is 0.0308. The Bertz CT molecular complexity index is 802. The molecule has 0 saturated heterocycles. The Morgan fingerprint density at radius 2 is 2.08 bits per heavy atom. The number of carbonyl (C=O) groups excluding carboxylic acids is 2. The molecule has 0 aromatic heterocycles. The van der Waals surface area contributed by atoms with Crippen LogP contribution in [0.3, 0.4) is 0 Å². The van der Waals surface area contributed by atoms with Gasteiger partial charge in [-0.2, -0.15) is 0 Å². The van der Waals surface area contributed by atoms with Crippen LogP contribution in [-0.2, 0) is 22.6 Å². The van der Waals surface area contributed by atoms with Gasteiger partial charge in [-0.05, 0) is 49.1 Å². The molecule has 5 nitrogen and oxygen atoms in total. The van der Waals surface area contributed by atoms with Crippen molar-refractivity contribution < 1.29 is 14.3 Å². The van der Waals surface area contributed by atoms with Gasteiger partial charge in [-0.1, -0.05) is 29.8 Å². The summed E-state index contributed by atoms with van der Waals surface area (Å²) in [7, 11) is 0. The van der Waals surface area contributed by atoms with Gasteiger partial charge in [-0.25, -0.2) is 0 Å². The Hall–Kier alpha value is -2.82. The van der Waals surface area contributed by atoms with Crippen LogP contribution in [0.5, 0.6) is 5.75 Å². The fourth-order valence-corrected chi connectivity index (χ4v) is 2.98. The highest BCUT2D eigenvalue weighted by Gasteiger charge is 2.15. The van der Waals surface area contributed by atoms with E-state index in [1.54, 1.807) is 0 Å². The molecule has 26 heavy (non-hydrogen) atoms. The van der Waals surface area contributed by atoms with Gasteiger partial charge in [0.2, 0.25) is 11.8 Å². The molecule has 136 valence electrons. The lowest BCUT2D eigenvalue weighted by molar-refractivity contribution is -0.121. The van der Waals surface area contributed by atoms with Crippen LogP contribution in [0.25, 0.3) is 0 Å². The summed E-state index contributed by atoms with van der Waals surface area (Å²) in [5.41, 5.74) is 4.26. The third-order valence-electron chi connectivity index (χ3n) is 4.36. The third kappa shape index (κ3) is 5.09. The molecule has 2 amide bonds. The first kappa shape index (κ1) is 18.0. The van der Waals surface area contributed by atoms with Gasteiger partial charge in [-0.3, -0.25) is 9.59 Å². The first-order valence-electron chi connectivity index (χ1n) is 8.98. The number of anilines is 1. The lowest BCUT2D eigenvalue weighted by Crippen LogP contribution is -2.23. The van der Waals surface area contributed by atoms with Gasteiger partial charge in [-0.15, -0.1) is 0 Å². The second-order valence-corrected chi connectivity index (χ2v) is 6.58. The van der Waals surface area contributed by atoms with Crippen molar-refractivity contribution in [3.63, 3.8) is 0 Å². The van der Waals surface area contributed by atoms with E-state index < -0.39 is 0 Å². The van der Waals surface area contributed by atoms with Crippen molar-refractivity contribution >= 4 is 17.5 Å². The van der Waals surface area contributed by atoms with Gasteiger partial charge < -0.3 is 15.4 Å². The Labute approximate surface area is 153 Å². The standard InChI is InChI=1S/C21H24N2O3/c1-15-4-2-5-16(12-15)14-22-20(24)6-3-11-26-18-8-9-19-17(13-18)7-10-21(25)23-19/h2,4-5,8-9,12-13H,3,6-7,10-11,14H2,1H3,(H,22,24)(H,23,25). The average molecular weight is 352 g/mol. The van der Waals surface area contributed by atoms with Gasteiger partial charge in [0.25, 0.3) is 0 Å². The summed E-state index contributed by atoms with van der Waals surface area (Å²) in [4.78, 5) is 23.3. The van der Waals surface area contributed by atoms with Crippen molar-refractivity contribution in [1.82, 2.24) is 5.32 Å². The van der Waals surface area contributed by atoms with Gasteiger partial charge in [0, 0.05) is 25.1 Å². The quantitative estimate of drug-likeness (QED) is 0.751. The fourth-order valence-electron chi connectivity index (χ4n) is 2.98. The Morgan fingerprint density at radius 3 is 2.92 bits per heavy atom. The summed E-state index contributed by atoms with van der Waals surface area (Å²) < 4.78 is 5.74. The largest absolute Gasteiger partial charge is 0.494 e. The van der Waals surface area contributed by atoms with Gasteiger partial charge in [0.1, 0.15) is 5.75 Å². The van der Waals surface area contributed by atoms with Gasteiger partial charge in [0.15, 0.2) is 0 Å². The first-order valence-corrected chi connectivity index (χ1v) is 8.98. The number of aryl methyl sites for hydroxylation is 2. The molecular formula is C21H24N2O3. The maximum Gasteiger partial charge on any atom is 0.224 e. The van der Waals surface area contributed by atoms with E-state index in [4.69, 9.17) is 4.74 Å². The molecule has 0 unspecified atom stereocenters. The zero-order valence-corrected chi connectivity index (χ0v) is 15.0. The topological polar surface area (TPSA) is 67.4 Å². The number of hydrogen-bond donors (Lipinski definition) is 2. The molecule has 0 atom stereocenters. The monoisotopic (exact) mass is 352 g/mol. The molecule has 1 heterocycles. The Balaban J connectivity index is 1.37. The fraction of sp³-hybridized carbons (Fsp3) is 0.333. The molecule has 3 rings (SSSR count). The summed E-state index contributed by atoms with van der Waals surface area (Å²) in [5.74, 6) is 0.867. The molecule has 0 radical (unpaired) electrons. The molecule has 2 aromatic carbocycles. The Morgan fingerprint density at radius 1 is 1.19 bits per heavy atom. The van der Waals surface area contributed by atoms with Crippen LogP contribution in [0.15, 0.2) is 42.5 Å². The highest BCUT2D eigenvalue weighted by molar-refractivity contribution is 5.94. The van der Waals surface area contributed by atoms with E-state index in [0.29, 0.717) is 32.4 Å². The minimum atomic E-state index is 0.0308. The number of hydrogen-bond acceptors (Lipinski definition) is 3.